The van der Waals surface area contributed by atoms with Crippen molar-refractivity contribution in [2.24, 2.45) is 0 Å². The molecular weight excluding hydrogens is 377 g/mol. The fraction of sp³-hybridized carbons (Fsp3) is 0.188. The molecule has 1 atom stereocenters. The maximum Gasteiger partial charge on any atom is 0.388 e. The topological polar surface area (TPSA) is 106 Å². The summed E-state index contributed by atoms with van der Waals surface area (Å²) in [5.41, 5.74) is 1.10. The number of H-pyrrole nitrogens is 1. The van der Waals surface area contributed by atoms with Crippen LogP contribution in [0.4, 0.5) is 24.8 Å². The highest BCUT2D eigenvalue weighted by atomic mass is 19.3. The van der Waals surface area contributed by atoms with Crippen LogP contribution in [0.3, 0.4) is 0 Å². The number of fused-ring (bicyclic) bond motifs is 1. The van der Waals surface area contributed by atoms with Gasteiger partial charge in [0.1, 0.15) is 17.0 Å². The van der Waals surface area contributed by atoms with E-state index in [9.17, 15) is 13.2 Å². The minimum Gasteiger partial charge on any atom is -0.417 e. The van der Waals surface area contributed by atoms with Crippen LogP contribution < -0.4 is 10.1 Å². The monoisotopic (exact) mass is 390 g/mol. The van der Waals surface area contributed by atoms with E-state index in [1.807, 2.05) is 0 Å². The highest BCUT2D eigenvalue weighted by Crippen LogP contribution is 2.24. The molecule has 0 aliphatic rings. The van der Waals surface area contributed by atoms with Gasteiger partial charge < -0.3 is 10.1 Å². The third kappa shape index (κ3) is 3.43. The van der Waals surface area contributed by atoms with E-state index in [1.165, 1.54) is 41.5 Å². The molecule has 12 heteroatoms. The Morgan fingerprint density at radius 1 is 1.21 bits per heavy atom. The summed E-state index contributed by atoms with van der Waals surface area (Å²) < 4.78 is 44.2. The van der Waals surface area contributed by atoms with Gasteiger partial charge in [0.05, 0.1) is 18.4 Å². The van der Waals surface area contributed by atoms with E-state index in [4.69, 9.17) is 0 Å². The molecule has 0 bridgehead atoms. The summed E-state index contributed by atoms with van der Waals surface area (Å²) in [5.74, 6) is -0.156. The molecular formula is C16H13F3N8O. The van der Waals surface area contributed by atoms with Gasteiger partial charge in [0, 0.05) is 12.3 Å². The number of pyridine rings is 1. The van der Waals surface area contributed by atoms with Crippen LogP contribution in [0.2, 0.25) is 0 Å². The molecule has 0 saturated heterocycles. The first-order chi connectivity index (χ1) is 13.5. The number of nitrogens with zero attached hydrogens (tertiary/aromatic N) is 6. The third-order valence-corrected chi connectivity index (χ3v) is 3.88. The van der Waals surface area contributed by atoms with Crippen molar-refractivity contribution in [3.63, 3.8) is 0 Å². The van der Waals surface area contributed by atoms with E-state index in [2.05, 4.69) is 40.3 Å². The molecule has 0 aromatic carbocycles. The number of anilines is 2. The van der Waals surface area contributed by atoms with Crippen LogP contribution in [0.1, 0.15) is 18.7 Å². The highest BCUT2D eigenvalue weighted by Gasteiger charge is 2.19. The molecule has 9 nitrogen and oxygen atoms in total. The van der Waals surface area contributed by atoms with Crippen molar-refractivity contribution in [2.75, 3.05) is 5.32 Å². The lowest BCUT2D eigenvalue weighted by Gasteiger charge is -2.13. The van der Waals surface area contributed by atoms with Gasteiger partial charge >= 0.3 is 6.61 Å². The van der Waals surface area contributed by atoms with Crippen LogP contribution in [-0.2, 0) is 0 Å². The van der Waals surface area contributed by atoms with Gasteiger partial charge in [-0.2, -0.15) is 19.0 Å². The molecule has 0 aliphatic carbocycles. The van der Waals surface area contributed by atoms with Gasteiger partial charge in [-0.3, -0.25) is 4.98 Å². The van der Waals surface area contributed by atoms with Crippen molar-refractivity contribution >= 4 is 22.8 Å². The van der Waals surface area contributed by atoms with E-state index in [0.717, 1.165) is 0 Å². The molecule has 0 aliphatic heterocycles. The summed E-state index contributed by atoms with van der Waals surface area (Å²) in [6, 6.07) is 3.55. The summed E-state index contributed by atoms with van der Waals surface area (Å²) in [4.78, 5) is 12.7. The van der Waals surface area contributed by atoms with Gasteiger partial charge in [0.2, 0.25) is 5.88 Å². The fourth-order valence-corrected chi connectivity index (χ4v) is 2.64. The quantitative estimate of drug-likeness (QED) is 0.521. The SMILES string of the molecule is CC(c1ncccc1F)n1ncc2ncc(Nc3cc(OC(F)F)[nH]n3)nc21. The average Bonchev–Trinajstić information content (AvgIpc) is 3.27. The van der Waals surface area contributed by atoms with Crippen LogP contribution in [0.5, 0.6) is 5.88 Å². The summed E-state index contributed by atoms with van der Waals surface area (Å²) in [6.07, 6.45) is 4.44. The van der Waals surface area contributed by atoms with Gasteiger partial charge in [0.15, 0.2) is 17.3 Å². The zero-order valence-electron chi connectivity index (χ0n) is 14.3. The number of rotatable bonds is 6. The molecule has 0 radical (unpaired) electrons. The van der Waals surface area contributed by atoms with Crippen molar-refractivity contribution in [2.45, 2.75) is 19.6 Å². The summed E-state index contributed by atoms with van der Waals surface area (Å²) in [5, 5.41) is 13.2. The van der Waals surface area contributed by atoms with Gasteiger partial charge in [-0.25, -0.2) is 24.1 Å². The summed E-state index contributed by atoms with van der Waals surface area (Å²) >= 11 is 0. The lowest BCUT2D eigenvalue weighted by molar-refractivity contribution is -0.0528. The first-order valence-electron chi connectivity index (χ1n) is 8.09. The third-order valence-electron chi connectivity index (χ3n) is 3.88. The first-order valence-corrected chi connectivity index (χ1v) is 8.09. The van der Waals surface area contributed by atoms with Crippen molar-refractivity contribution in [1.82, 2.24) is 34.9 Å². The lowest BCUT2D eigenvalue weighted by atomic mass is 10.2. The second kappa shape index (κ2) is 7.13. The van der Waals surface area contributed by atoms with E-state index in [1.54, 1.807) is 6.92 Å². The maximum absolute atomic E-state index is 14.1. The van der Waals surface area contributed by atoms with Crippen molar-refractivity contribution in [3.05, 3.63) is 48.3 Å². The van der Waals surface area contributed by atoms with Crippen LogP contribution in [0, 0.1) is 5.82 Å². The average molecular weight is 390 g/mol. The normalized spacial score (nSPS) is 12.5. The Bertz CT molecular complexity index is 1110. The Balaban J connectivity index is 1.63. The number of halogens is 3. The molecule has 4 rings (SSSR count). The van der Waals surface area contributed by atoms with Crippen molar-refractivity contribution in [1.29, 1.82) is 0 Å². The molecule has 0 spiro atoms. The summed E-state index contributed by atoms with van der Waals surface area (Å²) in [7, 11) is 0. The van der Waals surface area contributed by atoms with Crippen molar-refractivity contribution < 1.29 is 17.9 Å². The number of hydrogen-bond acceptors (Lipinski definition) is 7. The Morgan fingerprint density at radius 3 is 2.86 bits per heavy atom. The molecule has 4 aromatic rings. The second-order valence-electron chi connectivity index (χ2n) is 5.72. The number of alkyl halides is 2. The predicted molar refractivity (Wildman–Crippen MR) is 91.8 cm³/mol. The minimum atomic E-state index is -2.97. The van der Waals surface area contributed by atoms with Gasteiger partial charge in [-0.05, 0) is 19.1 Å². The number of nitrogens with one attached hydrogen (secondary N) is 2. The Hall–Kier alpha value is -3.70. The molecule has 4 heterocycles. The molecule has 144 valence electrons. The standard InChI is InChI=1S/C16H13F3N8O/c1-8(14-9(17)3-2-4-20-14)27-15-10(6-22-27)21-7-12(24-15)23-11-5-13(26-25-11)28-16(18)19/h2-8,16H,1H3,(H2,23,24,25,26). The van der Waals surface area contributed by atoms with Crippen molar-refractivity contribution in [3.8, 4) is 5.88 Å². The Labute approximate surface area is 155 Å². The largest absolute Gasteiger partial charge is 0.417 e. The van der Waals surface area contributed by atoms with Gasteiger partial charge in [-0.1, -0.05) is 0 Å². The number of ether oxygens (including phenoxy) is 1. The molecule has 1 unspecified atom stereocenters. The number of aromatic nitrogens is 7. The lowest BCUT2D eigenvalue weighted by Crippen LogP contribution is -2.12. The zero-order valence-corrected chi connectivity index (χ0v) is 14.3. The maximum atomic E-state index is 14.1. The minimum absolute atomic E-state index is 0.198. The van der Waals surface area contributed by atoms with E-state index in [-0.39, 0.29) is 23.2 Å². The number of aromatic amines is 1. The predicted octanol–water partition coefficient (Wildman–Crippen LogP) is 3.04. The zero-order chi connectivity index (χ0) is 19.7. The Kier molecular flexibility index (Phi) is 4.51. The van der Waals surface area contributed by atoms with Gasteiger partial charge in [0.25, 0.3) is 0 Å². The van der Waals surface area contributed by atoms with Crippen LogP contribution >= 0.6 is 0 Å². The molecule has 28 heavy (non-hydrogen) atoms. The van der Waals surface area contributed by atoms with Gasteiger partial charge in [-0.15, -0.1) is 0 Å². The van der Waals surface area contributed by atoms with E-state index < -0.39 is 18.5 Å². The number of hydrogen-bond donors (Lipinski definition) is 2. The van der Waals surface area contributed by atoms with Crippen LogP contribution in [-0.4, -0.2) is 41.5 Å². The second-order valence-corrected chi connectivity index (χ2v) is 5.72. The molecule has 0 fully saturated rings. The van der Waals surface area contributed by atoms with Crippen LogP contribution in [0.15, 0.2) is 36.8 Å². The molecule has 2 N–H and O–H groups in total. The van der Waals surface area contributed by atoms with E-state index in [0.29, 0.717) is 11.2 Å². The summed E-state index contributed by atoms with van der Waals surface area (Å²) in [6.45, 7) is -1.23. The smallest absolute Gasteiger partial charge is 0.388 e. The fourth-order valence-electron chi connectivity index (χ4n) is 2.64. The van der Waals surface area contributed by atoms with E-state index >= 15 is 0 Å². The Morgan fingerprint density at radius 2 is 2.07 bits per heavy atom. The molecule has 0 amide bonds. The van der Waals surface area contributed by atoms with Crippen LogP contribution in [0.25, 0.3) is 11.2 Å². The highest BCUT2D eigenvalue weighted by molar-refractivity contribution is 5.72. The first kappa shape index (κ1) is 17.7. The molecule has 0 saturated carbocycles. The molecule has 4 aromatic heterocycles.